The molecule has 1 nitrogen and oxygen atoms in total. The van der Waals surface area contributed by atoms with Crippen molar-refractivity contribution in [3.63, 3.8) is 0 Å². The van der Waals surface area contributed by atoms with E-state index in [0.29, 0.717) is 6.54 Å². The van der Waals surface area contributed by atoms with E-state index in [-0.39, 0.29) is 5.41 Å². The second kappa shape index (κ2) is 8.49. The fraction of sp³-hybridized carbons (Fsp3) is 0.571. The third-order valence-corrected chi connectivity index (χ3v) is 1.91. The monoisotopic (exact) mass is 209 g/mol. The number of rotatable bonds is 4. The molecule has 2 N–H and O–H groups in total. The highest BCUT2D eigenvalue weighted by atomic mass is 14.6. The van der Waals surface area contributed by atoms with Gasteiger partial charge in [0, 0.05) is 12.0 Å². The minimum absolute atomic E-state index is 0.000694. The molecular weight excluding hydrogens is 182 g/mol. The summed E-state index contributed by atoms with van der Waals surface area (Å²) >= 11 is 0. The zero-order valence-corrected chi connectivity index (χ0v) is 11.1. The van der Waals surface area contributed by atoms with Crippen molar-refractivity contribution in [3.8, 4) is 0 Å². The van der Waals surface area contributed by atoms with Gasteiger partial charge in [0.25, 0.3) is 0 Å². The second-order valence-electron chi connectivity index (χ2n) is 4.45. The van der Waals surface area contributed by atoms with Crippen LogP contribution in [0, 0.1) is 5.41 Å². The summed E-state index contributed by atoms with van der Waals surface area (Å²) in [5.41, 5.74) is 7.83. The average molecular weight is 209 g/mol. The molecule has 88 valence electrons. The minimum atomic E-state index is 0.000694. The summed E-state index contributed by atoms with van der Waals surface area (Å²) in [7, 11) is 0. The molecule has 0 spiro atoms. The van der Waals surface area contributed by atoms with Gasteiger partial charge in [-0.2, -0.15) is 0 Å². The molecule has 0 aliphatic heterocycles. The first-order valence-electron chi connectivity index (χ1n) is 5.55. The zero-order valence-electron chi connectivity index (χ0n) is 11.1. The molecule has 0 atom stereocenters. The first kappa shape index (κ1) is 16.6. The van der Waals surface area contributed by atoms with Crippen LogP contribution in [0.3, 0.4) is 0 Å². The van der Waals surface area contributed by atoms with Crippen LogP contribution in [-0.2, 0) is 0 Å². The van der Waals surface area contributed by atoms with Crippen molar-refractivity contribution in [2.24, 2.45) is 11.1 Å². The molecule has 0 radical (unpaired) electrons. The van der Waals surface area contributed by atoms with Gasteiger partial charge < -0.3 is 5.73 Å². The Morgan fingerprint density at radius 2 is 1.73 bits per heavy atom. The molecule has 0 heterocycles. The van der Waals surface area contributed by atoms with Crippen LogP contribution >= 0.6 is 0 Å². The predicted molar refractivity (Wildman–Crippen MR) is 71.9 cm³/mol. The summed E-state index contributed by atoms with van der Waals surface area (Å²) in [6, 6.07) is 0. The molecular formula is C14H27N. The predicted octanol–water partition coefficient (Wildman–Crippen LogP) is 4.08. The lowest BCUT2D eigenvalue weighted by Crippen LogP contribution is -2.25. The highest BCUT2D eigenvalue weighted by Gasteiger charge is 2.18. The Morgan fingerprint density at radius 1 is 1.33 bits per heavy atom. The van der Waals surface area contributed by atoms with Crippen LogP contribution < -0.4 is 5.73 Å². The molecule has 0 unspecified atom stereocenters. The molecule has 0 bridgehead atoms. The molecule has 0 saturated heterocycles. The van der Waals surface area contributed by atoms with E-state index in [1.807, 2.05) is 19.1 Å². The lowest BCUT2D eigenvalue weighted by Gasteiger charge is -2.24. The van der Waals surface area contributed by atoms with Crippen molar-refractivity contribution in [1.82, 2.24) is 0 Å². The van der Waals surface area contributed by atoms with E-state index in [0.717, 1.165) is 11.1 Å². The van der Waals surface area contributed by atoms with Crippen molar-refractivity contribution >= 4 is 0 Å². The smallest absolute Gasteiger partial charge is 0.00189 e. The van der Waals surface area contributed by atoms with Crippen molar-refractivity contribution in [1.29, 1.82) is 0 Å². The Labute approximate surface area is 95.8 Å². The topological polar surface area (TPSA) is 26.0 Å². The van der Waals surface area contributed by atoms with E-state index < -0.39 is 0 Å². The number of hydrogen-bond donors (Lipinski definition) is 1. The van der Waals surface area contributed by atoms with Gasteiger partial charge in [-0.05, 0) is 12.5 Å². The SMILES string of the molecule is C=C/C(=C\C(=C)C)C(C)(C)CN.CCC. The molecule has 0 rings (SSSR count). The highest BCUT2D eigenvalue weighted by molar-refractivity contribution is 5.31. The fourth-order valence-corrected chi connectivity index (χ4v) is 0.914. The molecule has 1 heteroatoms. The van der Waals surface area contributed by atoms with E-state index in [2.05, 4.69) is 40.9 Å². The summed E-state index contributed by atoms with van der Waals surface area (Å²) in [4.78, 5) is 0. The van der Waals surface area contributed by atoms with Gasteiger partial charge in [0.2, 0.25) is 0 Å². The maximum Gasteiger partial charge on any atom is 0.00189 e. The molecule has 0 aliphatic rings. The van der Waals surface area contributed by atoms with E-state index in [9.17, 15) is 0 Å². The van der Waals surface area contributed by atoms with Gasteiger partial charge in [-0.25, -0.2) is 0 Å². The van der Waals surface area contributed by atoms with Gasteiger partial charge in [0.05, 0.1) is 0 Å². The normalized spacial score (nSPS) is 11.5. The third kappa shape index (κ3) is 8.19. The second-order valence-corrected chi connectivity index (χ2v) is 4.45. The van der Waals surface area contributed by atoms with Crippen molar-refractivity contribution in [2.75, 3.05) is 6.54 Å². The summed E-state index contributed by atoms with van der Waals surface area (Å²) < 4.78 is 0. The van der Waals surface area contributed by atoms with Gasteiger partial charge in [0.15, 0.2) is 0 Å². The number of hydrogen-bond acceptors (Lipinski definition) is 1. The summed E-state index contributed by atoms with van der Waals surface area (Å²) in [6.07, 6.45) is 5.13. The summed E-state index contributed by atoms with van der Waals surface area (Å²) in [6.45, 7) is 18.6. The van der Waals surface area contributed by atoms with E-state index >= 15 is 0 Å². The minimum Gasteiger partial charge on any atom is -0.330 e. The fourth-order valence-electron chi connectivity index (χ4n) is 0.914. The largest absolute Gasteiger partial charge is 0.330 e. The van der Waals surface area contributed by atoms with Crippen LogP contribution in [0.4, 0.5) is 0 Å². The zero-order chi connectivity index (χ0) is 12.5. The van der Waals surface area contributed by atoms with Crippen LogP contribution in [0.25, 0.3) is 0 Å². The van der Waals surface area contributed by atoms with Gasteiger partial charge in [0.1, 0.15) is 0 Å². The van der Waals surface area contributed by atoms with Crippen molar-refractivity contribution < 1.29 is 0 Å². The highest BCUT2D eigenvalue weighted by Crippen LogP contribution is 2.26. The van der Waals surface area contributed by atoms with Gasteiger partial charge in [-0.3, -0.25) is 0 Å². The standard InChI is InChI=1S/C11H19N.C3H8/c1-6-10(7-9(2)3)11(4,5)8-12;1-3-2/h6-7H,1-2,8,12H2,3-5H3;3H2,1-2H3/b10-7+;. The van der Waals surface area contributed by atoms with Gasteiger partial charge in [-0.1, -0.05) is 65.0 Å². The Balaban J connectivity index is 0. The maximum atomic E-state index is 5.64. The Morgan fingerprint density at radius 3 is 1.93 bits per heavy atom. The molecule has 0 fully saturated rings. The molecule has 15 heavy (non-hydrogen) atoms. The molecule has 0 aromatic rings. The molecule has 0 aliphatic carbocycles. The van der Waals surface area contributed by atoms with E-state index in [1.54, 1.807) is 0 Å². The van der Waals surface area contributed by atoms with Crippen LogP contribution in [0.2, 0.25) is 0 Å². The van der Waals surface area contributed by atoms with Crippen molar-refractivity contribution in [3.05, 3.63) is 36.5 Å². The Kier molecular flexibility index (Phi) is 9.39. The lowest BCUT2D eigenvalue weighted by atomic mass is 9.83. The molecule has 0 saturated carbocycles. The quantitative estimate of drug-likeness (QED) is 0.694. The van der Waals surface area contributed by atoms with Gasteiger partial charge >= 0.3 is 0 Å². The first-order valence-corrected chi connectivity index (χ1v) is 5.55. The van der Waals surface area contributed by atoms with Crippen LogP contribution in [0.1, 0.15) is 41.0 Å². The third-order valence-electron chi connectivity index (χ3n) is 1.91. The van der Waals surface area contributed by atoms with Crippen LogP contribution in [0.15, 0.2) is 36.5 Å². The van der Waals surface area contributed by atoms with Crippen molar-refractivity contribution in [2.45, 2.75) is 41.0 Å². The van der Waals surface area contributed by atoms with E-state index in [1.165, 1.54) is 6.42 Å². The Hall–Kier alpha value is -0.820. The van der Waals surface area contributed by atoms with E-state index in [4.69, 9.17) is 5.73 Å². The molecule has 0 aromatic carbocycles. The summed E-state index contributed by atoms with van der Waals surface area (Å²) in [5, 5.41) is 0. The number of allylic oxidation sites excluding steroid dienone is 3. The first-order chi connectivity index (χ1) is 6.85. The Bertz CT molecular complexity index is 221. The number of nitrogens with two attached hydrogens (primary N) is 1. The lowest BCUT2D eigenvalue weighted by molar-refractivity contribution is 0.471. The van der Waals surface area contributed by atoms with Crippen LogP contribution in [0.5, 0.6) is 0 Å². The van der Waals surface area contributed by atoms with Gasteiger partial charge in [-0.15, -0.1) is 0 Å². The average Bonchev–Trinajstić information content (AvgIpc) is 2.15. The molecule has 0 aromatic heterocycles. The van der Waals surface area contributed by atoms with Crippen LogP contribution in [-0.4, -0.2) is 6.54 Å². The molecule has 0 amide bonds. The summed E-state index contributed by atoms with van der Waals surface area (Å²) in [5.74, 6) is 0. The maximum absolute atomic E-state index is 5.64.